The van der Waals surface area contributed by atoms with E-state index in [1.54, 1.807) is 19.2 Å². The first-order chi connectivity index (χ1) is 9.00. The molecule has 4 heteroatoms. The molecule has 0 saturated heterocycles. The molecule has 3 unspecified atom stereocenters. The first-order valence-electron chi connectivity index (χ1n) is 6.75. The molecule has 0 amide bonds. The van der Waals surface area contributed by atoms with Crippen LogP contribution in [0.3, 0.4) is 0 Å². The van der Waals surface area contributed by atoms with Gasteiger partial charge >= 0.3 is 0 Å². The van der Waals surface area contributed by atoms with Crippen molar-refractivity contribution in [2.24, 2.45) is 11.7 Å². The first-order valence-corrected chi connectivity index (χ1v) is 7.54. The Kier molecular flexibility index (Phi) is 4.64. The van der Waals surface area contributed by atoms with E-state index in [0.717, 1.165) is 19.3 Å². The third kappa shape index (κ3) is 2.86. The molecule has 1 aromatic rings. The van der Waals surface area contributed by atoms with Gasteiger partial charge in [-0.15, -0.1) is 0 Å². The van der Waals surface area contributed by atoms with Crippen molar-refractivity contribution in [1.29, 1.82) is 0 Å². The van der Waals surface area contributed by atoms with E-state index in [2.05, 4.69) is 22.9 Å². The molecule has 19 heavy (non-hydrogen) atoms. The molecule has 1 aliphatic rings. The van der Waals surface area contributed by atoms with Gasteiger partial charge in [0.1, 0.15) is 5.82 Å². The minimum absolute atomic E-state index is 0.273. The van der Waals surface area contributed by atoms with Crippen molar-refractivity contribution >= 4 is 15.9 Å². The zero-order valence-electron chi connectivity index (χ0n) is 11.5. The zero-order valence-corrected chi connectivity index (χ0v) is 13.0. The third-order valence-corrected chi connectivity index (χ3v) is 4.89. The van der Waals surface area contributed by atoms with Crippen molar-refractivity contribution in [3.63, 3.8) is 0 Å². The van der Waals surface area contributed by atoms with Crippen LogP contribution in [0.5, 0.6) is 0 Å². The number of rotatable bonds is 3. The van der Waals surface area contributed by atoms with Crippen molar-refractivity contribution in [3.05, 3.63) is 34.1 Å². The Balaban J connectivity index is 2.35. The average molecular weight is 330 g/mol. The average Bonchev–Trinajstić information content (AvgIpc) is 2.41. The molecule has 0 aromatic heterocycles. The Morgan fingerprint density at radius 3 is 2.89 bits per heavy atom. The second kappa shape index (κ2) is 5.90. The zero-order chi connectivity index (χ0) is 14.0. The molecule has 1 fully saturated rings. The van der Waals surface area contributed by atoms with Crippen LogP contribution in [0.2, 0.25) is 0 Å². The van der Waals surface area contributed by atoms with Gasteiger partial charge in [0.05, 0.1) is 16.1 Å². The van der Waals surface area contributed by atoms with Crippen molar-refractivity contribution in [3.8, 4) is 0 Å². The van der Waals surface area contributed by atoms with E-state index in [9.17, 15) is 4.39 Å². The van der Waals surface area contributed by atoms with Crippen LogP contribution >= 0.6 is 15.9 Å². The third-order valence-electron chi connectivity index (χ3n) is 4.28. The van der Waals surface area contributed by atoms with E-state index in [-0.39, 0.29) is 5.82 Å². The van der Waals surface area contributed by atoms with E-state index in [1.165, 1.54) is 6.42 Å². The topological polar surface area (TPSA) is 35.2 Å². The van der Waals surface area contributed by atoms with Gasteiger partial charge in [0.15, 0.2) is 0 Å². The predicted molar refractivity (Wildman–Crippen MR) is 78.4 cm³/mol. The summed E-state index contributed by atoms with van der Waals surface area (Å²) in [5.41, 5.74) is 6.45. The van der Waals surface area contributed by atoms with E-state index in [0.29, 0.717) is 16.0 Å². The summed E-state index contributed by atoms with van der Waals surface area (Å²) >= 11 is 3.22. The highest BCUT2D eigenvalue weighted by Gasteiger charge is 2.42. The molecule has 2 rings (SSSR count). The molecule has 0 aliphatic heterocycles. The summed E-state index contributed by atoms with van der Waals surface area (Å²) in [5.74, 6) is 0.291. The molecule has 0 bridgehead atoms. The largest absolute Gasteiger partial charge is 0.376 e. The maximum Gasteiger partial charge on any atom is 0.142 e. The lowest BCUT2D eigenvalue weighted by molar-refractivity contribution is -0.0724. The number of hydrogen-bond donors (Lipinski definition) is 1. The summed E-state index contributed by atoms with van der Waals surface area (Å²) in [6.45, 7) is 2.21. The lowest BCUT2D eigenvalue weighted by Gasteiger charge is -2.43. The minimum Gasteiger partial charge on any atom is -0.376 e. The Bertz CT molecular complexity index is 454. The molecular formula is C15H21BrFNO. The number of halogens is 2. The molecule has 2 N–H and O–H groups in total. The van der Waals surface area contributed by atoms with Gasteiger partial charge in [-0.3, -0.25) is 0 Å². The van der Waals surface area contributed by atoms with Gasteiger partial charge in [0.25, 0.3) is 0 Å². The van der Waals surface area contributed by atoms with Gasteiger partial charge in [-0.1, -0.05) is 31.9 Å². The normalized spacial score (nSPS) is 29.2. The maximum atomic E-state index is 14.2. The quantitative estimate of drug-likeness (QED) is 0.902. The number of nitrogens with two attached hydrogens (primary N) is 1. The fraction of sp³-hybridized carbons (Fsp3) is 0.600. The molecular weight excluding hydrogens is 309 g/mol. The molecule has 106 valence electrons. The van der Waals surface area contributed by atoms with Gasteiger partial charge in [0, 0.05) is 12.7 Å². The summed E-state index contributed by atoms with van der Waals surface area (Å²) in [4.78, 5) is 0. The summed E-state index contributed by atoms with van der Waals surface area (Å²) in [6.07, 6.45) is 4.05. The predicted octanol–water partition coefficient (Wildman–Crippen LogP) is 4.18. The summed E-state index contributed by atoms with van der Waals surface area (Å²) in [7, 11) is 1.69. The summed E-state index contributed by atoms with van der Waals surface area (Å²) < 4.78 is 20.4. The Labute approximate surface area is 122 Å². The van der Waals surface area contributed by atoms with E-state index in [1.807, 2.05) is 6.07 Å². The SMILES string of the molecule is COC1(C(N)c2cccc(Br)c2F)CCCC(C)C1. The standard InChI is InChI=1S/C15H21BrFNO/c1-10-5-4-8-15(9-10,19-2)14(18)11-6-3-7-12(16)13(11)17/h3,6-7,10,14H,4-5,8-9,18H2,1-2H3. The van der Waals surface area contributed by atoms with Crippen LogP contribution < -0.4 is 5.73 Å². The van der Waals surface area contributed by atoms with Crippen molar-refractivity contribution in [1.82, 2.24) is 0 Å². The maximum absolute atomic E-state index is 14.2. The Hall–Kier alpha value is -0.450. The lowest BCUT2D eigenvalue weighted by Crippen LogP contribution is -2.46. The van der Waals surface area contributed by atoms with E-state index < -0.39 is 11.6 Å². The fourth-order valence-corrected chi connectivity index (χ4v) is 3.56. The molecule has 1 saturated carbocycles. The van der Waals surface area contributed by atoms with E-state index >= 15 is 0 Å². The van der Waals surface area contributed by atoms with Crippen LogP contribution in [-0.2, 0) is 4.74 Å². The summed E-state index contributed by atoms with van der Waals surface area (Å²) in [6, 6.07) is 4.83. The fourth-order valence-electron chi connectivity index (χ4n) is 3.18. The first kappa shape index (κ1) is 14.9. The lowest BCUT2D eigenvalue weighted by atomic mass is 9.73. The smallest absolute Gasteiger partial charge is 0.142 e. The van der Waals surface area contributed by atoms with Gasteiger partial charge in [-0.25, -0.2) is 4.39 Å². The highest BCUT2D eigenvalue weighted by atomic mass is 79.9. The van der Waals surface area contributed by atoms with Crippen LogP contribution in [-0.4, -0.2) is 12.7 Å². The van der Waals surface area contributed by atoms with Crippen LogP contribution in [0, 0.1) is 11.7 Å². The van der Waals surface area contributed by atoms with Gasteiger partial charge < -0.3 is 10.5 Å². The minimum atomic E-state index is -0.445. The molecule has 1 aliphatic carbocycles. The molecule has 0 radical (unpaired) electrons. The Morgan fingerprint density at radius 2 is 2.26 bits per heavy atom. The number of hydrogen-bond acceptors (Lipinski definition) is 2. The molecule has 3 atom stereocenters. The van der Waals surface area contributed by atoms with Crippen LogP contribution in [0.25, 0.3) is 0 Å². The second-order valence-corrected chi connectivity index (χ2v) is 6.45. The Morgan fingerprint density at radius 1 is 1.53 bits per heavy atom. The monoisotopic (exact) mass is 329 g/mol. The highest BCUT2D eigenvalue weighted by Crippen LogP contribution is 2.43. The van der Waals surface area contributed by atoms with Gasteiger partial charge in [0.2, 0.25) is 0 Å². The molecule has 2 nitrogen and oxygen atoms in total. The number of benzene rings is 1. The van der Waals surface area contributed by atoms with Gasteiger partial charge in [-0.05, 0) is 40.8 Å². The van der Waals surface area contributed by atoms with Crippen LogP contribution in [0.1, 0.15) is 44.2 Å². The van der Waals surface area contributed by atoms with E-state index in [4.69, 9.17) is 10.5 Å². The van der Waals surface area contributed by atoms with Gasteiger partial charge in [-0.2, -0.15) is 0 Å². The van der Waals surface area contributed by atoms with Crippen molar-refractivity contribution in [2.45, 2.75) is 44.2 Å². The number of ether oxygens (including phenoxy) is 1. The highest BCUT2D eigenvalue weighted by molar-refractivity contribution is 9.10. The van der Waals surface area contributed by atoms with Crippen molar-refractivity contribution < 1.29 is 9.13 Å². The van der Waals surface area contributed by atoms with Crippen molar-refractivity contribution in [2.75, 3.05) is 7.11 Å². The van der Waals surface area contributed by atoms with Crippen LogP contribution in [0.4, 0.5) is 4.39 Å². The second-order valence-electron chi connectivity index (χ2n) is 5.59. The molecule has 0 heterocycles. The summed E-state index contributed by atoms with van der Waals surface area (Å²) in [5, 5.41) is 0. The molecule has 1 aromatic carbocycles. The van der Waals surface area contributed by atoms with Crippen LogP contribution in [0.15, 0.2) is 22.7 Å². The number of methoxy groups -OCH3 is 1. The molecule has 0 spiro atoms.